The van der Waals surface area contributed by atoms with Crippen molar-refractivity contribution in [2.75, 3.05) is 18.9 Å². The Morgan fingerprint density at radius 1 is 0.850 bits per heavy atom. The highest BCUT2D eigenvalue weighted by Crippen LogP contribution is 2.26. The Balaban J connectivity index is 1.70. The Kier molecular flexibility index (Phi) is 5.39. The SMILES string of the molecule is Nc1cccc(OCCCOc2ccc(Cl)c(Cl)c2)c1. The van der Waals surface area contributed by atoms with E-state index in [0.717, 1.165) is 12.2 Å². The van der Waals surface area contributed by atoms with E-state index < -0.39 is 0 Å². The Bertz CT molecular complexity index is 576. The van der Waals surface area contributed by atoms with Crippen LogP contribution in [0.3, 0.4) is 0 Å². The van der Waals surface area contributed by atoms with Crippen molar-refractivity contribution in [1.82, 2.24) is 0 Å². The monoisotopic (exact) mass is 311 g/mol. The van der Waals surface area contributed by atoms with E-state index in [1.165, 1.54) is 0 Å². The predicted molar refractivity (Wildman–Crippen MR) is 82.9 cm³/mol. The van der Waals surface area contributed by atoms with E-state index in [4.69, 9.17) is 38.4 Å². The Morgan fingerprint density at radius 3 is 2.20 bits per heavy atom. The van der Waals surface area contributed by atoms with Gasteiger partial charge in [-0.2, -0.15) is 0 Å². The van der Waals surface area contributed by atoms with Gasteiger partial charge in [0.25, 0.3) is 0 Å². The zero-order chi connectivity index (χ0) is 14.4. The van der Waals surface area contributed by atoms with Crippen molar-refractivity contribution in [3.63, 3.8) is 0 Å². The van der Waals surface area contributed by atoms with Crippen LogP contribution in [0.5, 0.6) is 11.5 Å². The third-order valence-electron chi connectivity index (χ3n) is 2.58. The maximum absolute atomic E-state index is 5.90. The second kappa shape index (κ2) is 7.27. The quantitative estimate of drug-likeness (QED) is 0.634. The first kappa shape index (κ1) is 14.8. The maximum atomic E-state index is 5.90. The van der Waals surface area contributed by atoms with E-state index in [-0.39, 0.29) is 0 Å². The minimum Gasteiger partial charge on any atom is -0.493 e. The number of halogens is 2. The molecule has 0 unspecified atom stereocenters. The van der Waals surface area contributed by atoms with Crippen LogP contribution in [0.2, 0.25) is 10.0 Å². The van der Waals surface area contributed by atoms with Gasteiger partial charge in [-0.25, -0.2) is 0 Å². The van der Waals surface area contributed by atoms with Gasteiger partial charge in [0.05, 0.1) is 23.3 Å². The molecule has 0 aliphatic heterocycles. The van der Waals surface area contributed by atoms with Gasteiger partial charge in [0, 0.05) is 24.2 Å². The summed E-state index contributed by atoms with van der Waals surface area (Å²) in [5.74, 6) is 1.46. The third kappa shape index (κ3) is 4.51. The van der Waals surface area contributed by atoms with E-state index in [1.807, 2.05) is 18.2 Å². The summed E-state index contributed by atoms with van der Waals surface area (Å²) in [4.78, 5) is 0. The van der Waals surface area contributed by atoms with Gasteiger partial charge in [0.1, 0.15) is 11.5 Å². The molecule has 2 aromatic rings. The predicted octanol–water partition coefficient (Wildman–Crippen LogP) is 4.42. The molecule has 0 fully saturated rings. The lowest BCUT2D eigenvalue weighted by molar-refractivity contribution is 0.247. The van der Waals surface area contributed by atoms with Crippen LogP contribution in [0.1, 0.15) is 6.42 Å². The largest absolute Gasteiger partial charge is 0.493 e. The minimum atomic E-state index is 0.486. The molecule has 0 bridgehead atoms. The Morgan fingerprint density at radius 2 is 1.55 bits per heavy atom. The van der Waals surface area contributed by atoms with E-state index in [9.17, 15) is 0 Å². The van der Waals surface area contributed by atoms with Gasteiger partial charge in [0.15, 0.2) is 0 Å². The summed E-state index contributed by atoms with van der Waals surface area (Å²) in [6.45, 7) is 1.10. The normalized spacial score (nSPS) is 10.3. The van der Waals surface area contributed by atoms with Crippen molar-refractivity contribution in [2.45, 2.75) is 6.42 Å². The molecule has 0 spiro atoms. The highest BCUT2D eigenvalue weighted by Gasteiger charge is 2.00. The average Bonchev–Trinajstić information content (AvgIpc) is 2.42. The topological polar surface area (TPSA) is 44.5 Å². The fourth-order valence-corrected chi connectivity index (χ4v) is 1.90. The molecule has 2 rings (SSSR count). The first-order chi connectivity index (χ1) is 9.65. The van der Waals surface area contributed by atoms with E-state index in [1.54, 1.807) is 24.3 Å². The minimum absolute atomic E-state index is 0.486. The molecule has 0 saturated carbocycles. The highest BCUT2D eigenvalue weighted by molar-refractivity contribution is 6.42. The molecule has 2 N–H and O–H groups in total. The van der Waals surface area contributed by atoms with Crippen LogP contribution in [0, 0.1) is 0 Å². The van der Waals surface area contributed by atoms with Gasteiger partial charge in [-0.3, -0.25) is 0 Å². The fourth-order valence-electron chi connectivity index (χ4n) is 1.61. The number of rotatable bonds is 6. The second-order valence-electron chi connectivity index (χ2n) is 4.20. The van der Waals surface area contributed by atoms with Gasteiger partial charge < -0.3 is 15.2 Å². The maximum Gasteiger partial charge on any atom is 0.121 e. The number of ether oxygens (including phenoxy) is 2. The smallest absolute Gasteiger partial charge is 0.121 e. The Labute approximate surface area is 128 Å². The van der Waals surface area contributed by atoms with Gasteiger partial charge in [-0.15, -0.1) is 0 Å². The molecule has 0 aromatic heterocycles. The molecule has 0 aliphatic carbocycles. The molecule has 2 aromatic carbocycles. The first-order valence-corrected chi connectivity index (χ1v) is 6.97. The summed E-state index contributed by atoms with van der Waals surface area (Å²) in [5, 5.41) is 1.00. The van der Waals surface area contributed by atoms with Crippen molar-refractivity contribution < 1.29 is 9.47 Å². The molecule has 106 valence electrons. The lowest BCUT2D eigenvalue weighted by Crippen LogP contribution is -2.05. The fraction of sp³-hybridized carbons (Fsp3) is 0.200. The standard InChI is InChI=1S/C15H15Cl2NO2/c16-14-6-5-13(10-15(14)17)20-8-2-7-19-12-4-1-3-11(18)9-12/h1,3-6,9-10H,2,7-8,18H2. The lowest BCUT2D eigenvalue weighted by Gasteiger charge is -2.09. The number of benzene rings is 2. The number of nitrogens with two attached hydrogens (primary N) is 1. The molecular weight excluding hydrogens is 297 g/mol. The average molecular weight is 312 g/mol. The number of nitrogen functional groups attached to an aromatic ring is 1. The van der Waals surface area contributed by atoms with Crippen LogP contribution in [0.4, 0.5) is 5.69 Å². The molecular formula is C15H15Cl2NO2. The van der Waals surface area contributed by atoms with Crippen molar-refractivity contribution in [3.05, 3.63) is 52.5 Å². The summed E-state index contributed by atoms with van der Waals surface area (Å²) in [7, 11) is 0. The van der Waals surface area contributed by atoms with Gasteiger partial charge in [0.2, 0.25) is 0 Å². The third-order valence-corrected chi connectivity index (χ3v) is 3.31. The van der Waals surface area contributed by atoms with Gasteiger partial charge in [-0.05, 0) is 24.3 Å². The summed E-state index contributed by atoms with van der Waals surface area (Å²) in [6.07, 6.45) is 0.759. The zero-order valence-electron chi connectivity index (χ0n) is 10.8. The molecule has 0 heterocycles. The molecule has 5 heteroatoms. The molecule has 0 saturated heterocycles. The second-order valence-corrected chi connectivity index (χ2v) is 5.01. The van der Waals surface area contributed by atoms with Crippen LogP contribution in [0.15, 0.2) is 42.5 Å². The molecule has 0 aliphatic rings. The summed E-state index contributed by atoms with van der Waals surface area (Å²) in [5.41, 5.74) is 6.35. The lowest BCUT2D eigenvalue weighted by atomic mass is 10.3. The summed E-state index contributed by atoms with van der Waals surface area (Å²) in [6, 6.07) is 12.5. The molecule has 0 atom stereocenters. The molecule has 0 radical (unpaired) electrons. The van der Waals surface area contributed by atoms with Crippen molar-refractivity contribution in [2.24, 2.45) is 0 Å². The van der Waals surface area contributed by atoms with E-state index in [2.05, 4.69) is 0 Å². The van der Waals surface area contributed by atoms with Crippen molar-refractivity contribution >= 4 is 28.9 Å². The molecule has 3 nitrogen and oxygen atoms in total. The van der Waals surface area contributed by atoms with E-state index >= 15 is 0 Å². The first-order valence-electron chi connectivity index (χ1n) is 6.21. The number of anilines is 1. The molecule has 0 amide bonds. The summed E-state index contributed by atoms with van der Waals surface area (Å²) >= 11 is 11.7. The zero-order valence-corrected chi connectivity index (χ0v) is 12.3. The highest BCUT2D eigenvalue weighted by atomic mass is 35.5. The van der Waals surface area contributed by atoms with Crippen molar-refractivity contribution in [1.29, 1.82) is 0 Å². The van der Waals surface area contributed by atoms with Crippen molar-refractivity contribution in [3.8, 4) is 11.5 Å². The summed E-state index contributed by atoms with van der Waals surface area (Å²) < 4.78 is 11.1. The van der Waals surface area contributed by atoms with Crippen LogP contribution in [-0.4, -0.2) is 13.2 Å². The van der Waals surface area contributed by atoms with Gasteiger partial charge >= 0.3 is 0 Å². The Hall–Kier alpha value is -1.58. The van der Waals surface area contributed by atoms with Crippen LogP contribution >= 0.6 is 23.2 Å². The van der Waals surface area contributed by atoms with Crippen LogP contribution in [0.25, 0.3) is 0 Å². The number of hydrogen-bond acceptors (Lipinski definition) is 3. The van der Waals surface area contributed by atoms with Crippen LogP contribution < -0.4 is 15.2 Å². The molecule has 20 heavy (non-hydrogen) atoms. The number of hydrogen-bond donors (Lipinski definition) is 1. The van der Waals surface area contributed by atoms with Crippen LogP contribution in [-0.2, 0) is 0 Å². The van der Waals surface area contributed by atoms with Gasteiger partial charge in [-0.1, -0.05) is 29.3 Å². The van der Waals surface area contributed by atoms with E-state index in [0.29, 0.717) is 34.7 Å².